The van der Waals surface area contributed by atoms with E-state index in [2.05, 4.69) is 91.2 Å². The number of pyridine rings is 1. The molecule has 0 amide bonds. The number of anilines is 1. The summed E-state index contributed by atoms with van der Waals surface area (Å²) in [4.78, 5) is 13.0. The van der Waals surface area contributed by atoms with Crippen LogP contribution in [-0.2, 0) is 11.8 Å². The molecule has 5 aromatic rings. The number of benzene rings is 2. The first-order valence-electron chi connectivity index (χ1n) is 17.2. The maximum absolute atomic E-state index is 5.88. The van der Waals surface area contributed by atoms with Crippen molar-refractivity contribution in [3.05, 3.63) is 72.1 Å². The van der Waals surface area contributed by atoms with Crippen LogP contribution < -0.4 is 4.90 Å². The molecule has 0 unspecified atom stereocenters. The van der Waals surface area contributed by atoms with E-state index >= 15 is 0 Å². The molecule has 9 nitrogen and oxygen atoms in total. The minimum atomic E-state index is 0.171. The number of piperidine rings is 1. The third kappa shape index (κ3) is 5.38. The van der Waals surface area contributed by atoms with Crippen LogP contribution in [0.5, 0.6) is 0 Å². The summed E-state index contributed by atoms with van der Waals surface area (Å²) in [5.74, 6) is 0.459. The Morgan fingerprint density at radius 1 is 0.826 bits per heavy atom. The van der Waals surface area contributed by atoms with Crippen LogP contribution in [0, 0.1) is 12.8 Å². The Morgan fingerprint density at radius 2 is 1.59 bits per heavy atom. The minimum absolute atomic E-state index is 0.171. The van der Waals surface area contributed by atoms with Crippen molar-refractivity contribution in [2.24, 2.45) is 13.0 Å². The molecule has 0 radical (unpaired) electrons. The fraction of sp³-hybridized carbons (Fsp3) is 0.486. The topological polar surface area (TPSA) is 67.5 Å². The number of ether oxygens (including phenoxy) is 1. The average Bonchev–Trinajstić information content (AvgIpc) is 3.61. The summed E-state index contributed by atoms with van der Waals surface area (Å²) in [6.07, 6.45) is 6.66. The number of hydrogen-bond acceptors (Lipinski definition) is 7. The van der Waals surface area contributed by atoms with Gasteiger partial charge in [-0.2, -0.15) is 0 Å². The van der Waals surface area contributed by atoms with Gasteiger partial charge in [0.15, 0.2) is 0 Å². The molecule has 0 saturated carbocycles. The van der Waals surface area contributed by atoms with E-state index in [-0.39, 0.29) is 6.04 Å². The van der Waals surface area contributed by atoms with Gasteiger partial charge >= 0.3 is 0 Å². The lowest BCUT2D eigenvalue weighted by atomic mass is 9.86. The van der Waals surface area contributed by atoms with Crippen molar-refractivity contribution in [1.82, 2.24) is 34.3 Å². The van der Waals surface area contributed by atoms with Gasteiger partial charge in [0.1, 0.15) is 0 Å². The van der Waals surface area contributed by atoms with Gasteiger partial charge in [-0.1, -0.05) is 35.5 Å². The van der Waals surface area contributed by atoms with Gasteiger partial charge < -0.3 is 19.1 Å². The molecule has 9 heteroatoms. The number of hydrogen-bond donors (Lipinski definition) is 0. The van der Waals surface area contributed by atoms with Crippen LogP contribution in [0.3, 0.4) is 0 Å². The Kier molecular flexibility index (Phi) is 8.00. The van der Waals surface area contributed by atoms with Gasteiger partial charge in [0.05, 0.1) is 34.0 Å². The second-order valence-electron chi connectivity index (χ2n) is 13.7. The van der Waals surface area contributed by atoms with E-state index in [1.807, 2.05) is 24.9 Å². The first-order valence-corrected chi connectivity index (χ1v) is 17.2. The molecule has 0 aliphatic carbocycles. The predicted octanol–water partition coefficient (Wildman–Crippen LogP) is 5.53. The van der Waals surface area contributed by atoms with E-state index < -0.39 is 0 Å². The number of likely N-dealkylation sites (tertiary alicyclic amines) is 1. The van der Waals surface area contributed by atoms with E-state index in [1.165, 1.54) is 48.1 Å². The summed E-state index contributed by atoms with van der Waals surface area (Å²) < 4.78 is 10.4. The fourth-order valence-corrected chi connectivity index (χ4v) is 8.39. The molecule has 2 aromatic carbocycles. The van der Waals surface area contributed by atoms with Crippen LogP contribution in [0.1, 0.15) is 43.0 Å². The molecular weight excluding hydrogens is 572 g/mol. The number of aromatic nitrogens is 5. The molecule has 3 aliphatic rings. The van der Waals surface area contributed by atoms with Crippen LogP contribution >= 0.6 is 0 Å². The Hall–Kier alpha value is -3.79. The summed E-state index contributed by atoms with van der Waals surface area (Å²) in [6.45, 7) is 10.5. The number of nitrogens with zero attached hydrogens (tertiary/aromatic N) is 8. The van der Waals surface area contributed by atoms with Crippen molar-refractivity contribution in [2.45, 2.75) is 44.7 Å². The van der Waals surface area contributed by atoms with Crippen LogP contribution in [-0.4, -0.2) is 99.9 Å². The molecule has 8 rings (SSSR count). The van der Waals surface area contributed by atoms with Gasteiger partial charge in [-0.05, 0) is 88.5 Å². The Morgan fingerprint density at radius 3 is 2.30 bits per heavy atom. The van der Waals surface area contributed by atoms with Crippen molar-refractivity contribution < 1.29 is 4.74 Å². The lowest BCUT2D eigenvalue weighted by Gasteiger charge is -2.43. The highest BCUT2D eigenvalue weighted by Crippen LogP contribution is 2.42. The van der Waals surface area contributed by atoms with Gasteiger partial charge in [0, 0.05) is 75.3 Å². The second-order valence-corrected chi connectivity index (χ2v) is 13.7. The quantitative estimate of drug-likeness (QED) is 0.248. The largest absolute Gasteiger partial charge is 0.381 e. The predicted molar refractivity (Wildman–Crippen MR) is 184 cm³/mol. The molecule has 0 N–H and O–H groups in total. The highest BCUT2D eigenvalue weighted by atomic mass is 16.5. The zero-order valence-electron chi connectivity index (χ0n) is 27.5. The molecule has 0 bridgehead atoms. The van der Waals surface area contributed by atoms with Crippen molar-refractivity contribution in [1.29, 1.82) is 0 Å². The lowest BCUT2D eigenvalue weighted by molar-refractivity contribution is 0.0553. The maximum Gasteiger partial charge on any atom is 0.0960 e. The summed E-state index contributed by atoms with van der Waals surface area (Å²) in [7, 11) is 4.21. The average molecular weight is 619 g/mol. The Balaban J connectivity index is 1.24. The smallest absolute Gasteiger partial charge is 0.0960 e. The van der Waals surface area contributed by atoms with Crippen LogP contribution in [0.25, 0.3) is 33.2 Å². The third-order valence-corrected chi connectivity index (χ3v) is 10.9. The Labute approximate surface area is 271 Å². The van der Waals surface area contributed by atoms with E-state index in [9.17, 15) is 0 Å². The summed E-state index contributed by atoms with van der Waals surface area (Å²) in [6, 6.07) is 21.4. The minimum Gasteiger partial charge on any atom is -0.381 e. The second kappa shape index (κ2) is 12.4. The van der Waals surface area contributed by atoms with E-state index in [4.69, 9.17) is 9.72 Å². The van der Waals surface area contributed by atoms with Gasteiger partial charge in [-0.3, -0.25) is 9.88 Å². The first-order chi connectivity index (χ1) is 22.5. The van der Waals surface area contributed by atoms with E-state index in [0.29, 0.717) is 5.92 Å². The van der Waals surface area contributed by atoms with Crippen LogP contribution in [0.4, 0.5) is 5.69 Å². The summed E-state index contributed by atoms with van der Waals surface area (Å²) in [5, 5.41) is 9.86. The lowest BCUT2D eigenvalue weighted by Crippen LogP contribution is -2.53. The SMILES string of the molecule is Cc1nnn(C)c1-c1cnc2c3ccc(N4CCN(C5CCN(C)CC5)CC4)cc3n([C@H](c3ccccc3)C3CCOCC3)c2c1. The van der Waals surface area contributed by atoms with Gasteiger partial charge in [-0.15, -0.1) is 5.10 Å². The molecule has 240 valence electrons. The molecule has 3 aromatic heterocycles. The fourth-order valence-electron chi connectivity index (χ4n) is 8.39. The highest BCUT2D eigenvalue weighted by Gasteiger charge is 2.31. The third-order valence-electron chi connectivity index (χ3n) is 10.9. The van der Waals surface area contributed by atoms with Crippen molar-refractivity contribution >= 4 is 27.6 Å². The molecular formula is C37H46N8O. The van der Waals surface area contributed by atoms with Gasteiger partial charge in [0.2, 0.25) is 0 Å². The van der Waals surface area contributed by atoms with E-state index in [0.717, 1.165) is 86.3 Å². The molecule has 6 heterocycles. The summed E-state index contributed by atoms with van der Waals surface area (Å²) in [5.41, 5.74) is 9.10. The number of aryl methyl sites for hydroxylation is 2. The van der Waals surface area contributed by atoms with Gasteiger partial charge in [0.25, 0.3) is 0 Å². The van der Waals surface area contributed by atoms with Crippen molar-refractivity contribution in [2.75, 3.05) is 64.4 Å². The maximum atomic E-state index is 5.88. The highest BCUT2D eigenvalue weighted by molar-refractivity contribution is 6.07. The number of rotatable bonds is 6. The zero-order valence-corrected chi connectivity index (χ0v) is 27.5. The van der Waals surface area contributed by atoms with E-state index in [1.54, 1.807) is 0 Å². The van der Waals surface area contributed by atoms with Crippen molar-refractivity contribution in [3.8, 4) is 11.3 Å². The molecule has 3 fully saturated rings. The molecule has 3 aliphatic heterocycles. The monoisotopic (exact) mass is 618 g/mol. The normalized spacial score (nSPS) is 20.2. The molecule has 46 heavy (non-hydrogen) atoms. The number of piperazine rings is 1. The molecule has 0 spiro atoms. The first kappa shape index (κ1) is 29.6. The van der Waals surface area contributed by atoms with Crippen LogP contribution in [0.15, 0.2) is 60.8 Å². The molecule has 3 saturated heterocycles. The van der Waals surface area contributed by atoms with Gasteiger partial charge in [-0.25, -0.2) is 4.68 Å². The van der Waals surface area contributed by atoms with Crippen molar-refractivity contribution in [3.63, 3.8) is 0 Å². The summed E-state index contributed by atoms with van der Waals surface area (Å²) >= 11 is 0. The zero-order chi connectivity index (χ0) is 31.2. The Bertz CT molecular complexity index is 1790. The van der Waals surface area contributed by atoms with Crippen LogP contribution in [0.2, 0.25) is 0 Å². The standard InChI is InChI=1S/C37H46N8O/c1-26-36(42(3)40-39-26)29-23-34-35(38-25-29)32-10-9-31(44-19-17-43(18-20-44)30-11-15-41(2)16-12-30)24-33(32)45(34)37(27-7-5-4-6-8-27)28-13-21-46-22-14-28/h4-10,23-25,28,30,37H,11-22H2,1-3H3/t37-/m1/s1. The number of fused-ring (bicyclic) bond motifs is 3. The molecule has 1 atom stereocenters.